The maximum absolute atomic E-state index is 12.0. The lowest BCUT2D eigenvalue weighted by atomic mass is 10.1. The molecule has 1 N–H and O–H groups in total. The van der Waals surface area contributed by atoms with Gasteiger partial charge in [-0.1, -0.05) is 0 Å². The zero-order chi connectivity index (χ0) is 15.5. The summed E-state index contributed by atoms with van der Waals surface area (Å²) in [6.45, 7) is 0. The second-order valence-electron chi connectivity index (χ2n) is 4.80. The number of hydrogen-bond donors (Lipinski definition) is 1. The number of aromatic nitrogens is 1. The van der Waals surface area contributed by atoms with Crippen LogP contribution >= 0.6 is 0 Å². The second kappa shape index (κ2) is 6.19. The van der Waals surface area contributed by atoms with Crippen molar-refractivity contribution in [3.8, 4) is 5.75 Å². The maximum atomic E-state index is 12.0. The molecule has 0 aromatic carbocycles. The van der Waals surface area contributed by atoms with Crippen molar-refractivity contribution in [3.63, 3.8) is 0 Å². The minimum atomic E-state index is -4.73. The molecule has 116 valence electrons. The molecule has 1 aromatic rings. The summed E-state index contributed by atoms with van der Waals surface area (Å²) in [5.41, 5.74) is 0. The van der Waals surface area contributed by atoms with E-state index in [0.29, 0.717) is 12.2 Å². The Morgan fingerprint density at radius 1 is 1.38 bits per heavy atom. The summed E-state index contributed by atoms with van der Waals surface area (Å²) in [6.07, 6.45) is -1.60. The first-order chi connectivity index (χ1) is 9.87. The number of halogens is 3. The molecular weight excluding hydrogens is 289 g/mol. The number of hydrogen-bond acceptors (Lipinski definition) is 5. The normalized spacial score (nSPS) is 21.9. The zero-order valence-electron chi connectivity index (χ0n) is 11.3. The van der Waals surface area contributed by atoms with E-state index in [1.807, 2.05) is 0 Å². The van der Waals surface area contributed by atoms with Crippen LogP contribution in [0.15, 0.2) is 18.3 Å². The minimum Gasteiger partial charge on any atom is -0.469 e. The number of nitrogens with one attached hydrogen (secondary N) is 1. The number of anilines is 1. The van der Waals surface area contributed by atoms with Gasteiger partial charge in [-0.2, -0.15) is 0 Å². The molecule has 1 aromatic heterocycles. The third kappa shape index (κ3) is 4.51. The third-order valence-electron chi connectivity index (χ3n) is 3.29. The van der Waals surface area contributed by atoms with Crippen LogP contribution in [0.5, 0.6) is 5.75 Å². The van der Waals surface area contributed by atoms with Crippen LogP contribution in [-0.4, -0.2) is 30.5 Å². The van der Waals surface area contributed by atoms with E-state index in [1.165, 1.54) is 19.2 Å². The molecule has 0 amide bonds. The number of rotatable bonds is 4. The summed E-state index contributed by atoms with van der Waals surface area (Å²) in [4.78, 5) is 15.3. The van der Waals surface area contributed by atoms with Gasteiger partial charge in [0.1, 0.15) is 11.6 Å². The Morgan fingerprint density at radius 2 is 2.14 bits per heavy atom. The van der Waals surface area contributed by atoms with Gasteiger partial charge in [0.25, 0.3) is 0 Å². The number of alkyl halides is 3. The predicted molar refractivity (Wildman–Crippen MR) is 67.7 cm³/mol. The van der Waals surface area contributed by atoms with E-state index in [9.17, 15) is 18.0 Å². The van der Waals surface area contributed by atoms with Crippen LogP contribution in [-0.2, 0) is 9.53 Å². The summed E-state index contributed by atoms with van der Waals surface area (Å²) >= 11 is 0. The molecule has 1 heterocycles. The van der Waals surface area contributed by atoms with Crippen LogP contribution in [0.1, 0.15) is 19.3 Å². The smallest absolute Gasteiger partial charge is 0.469 e. The third-order valence-corrected chi connectivity index (χ3v) is 3.29. The minimum absolute atomic E-state index is 0.0518. The van der Waals surface area contributed by atoms with Gasteiger partial charge >= 0.3 is 12.3 Å². The van der Waals surface area contributed by atoms with E-state index in [1.54, 1.807) is 0 Å². The second-order valence-corrected chi connectivity index (χ2v) is 4.80. The van der Waals surface area contributed by atoms with Crippen LogP contribution < -0.4 is 10.1 Å². The molecule has 2 atom stereocenters. The van der Waals surface area contributed by atoms with E-state index in [-0.39, 0.29) is 23.7 Å². The van der Waals surface area contributed by atoms with E-state index in [2.05, 4.69) is 19.8 Å². The van der Waals surface area contributed by atoms with Gasteiger partial charge in [-0.3, -0.25) is 4.79 Å². The van der Waals surface area contributed by atoms with Gasteiger partial charge in [0.05, 0.1) is 19.2 Å². The molecule has 5 nitrogen and oxygen atoms in total. The molecular formula is C13H15F3N2O3. The quantitative estimate of drug-likeness (QED) is 0.867. The Bertz CT molecular complexity index is 490. The number of nitrogens with zero attached hydrogens (tertiary/aromatic N) is 1. The van der Waals surface area contributed by atoms with E-state index >= 15 is 0 Å². The lowest BCUT2D eigenvalue weighted by Crippen LogP contribution is -2.20. The molecule has 0 saturated heterocycles. The number of esters is 1. The van der Waals surface area contributed by atoms with Crippen molar-refractivity contribution in [1.82, 2.24) is 4.98 Å². The fraction of sp³-hybridized carbons (Fsp3) is 0.538. The molecule has 0 unspecified atom stereocenters. The molecule has 0 aliphatic heterocycles. The highest BCUT2D eigenvalue weighted by Crippen LogP contribution is 2.29. The number of carbonyl (C=O) groups is 1. The van der Waals surface area contributed by atoms with E-state index in [4.69, 9.17) is 0 Å². The number of methoxy groups -OCH3 is 1. The number of pyridine rings is 1. The summed E-state index contributed by atoms with van der Waals surface area (Å²) in [5, 5.41) is 3.08. The summed E-state index contributed by atoms with van der Waals surface area (Å²) in [6, 6.07) is 2.65. The first-order valence-corrected chi connectivity index (χ1v) is 6.43. The van der Waals surface area contributed by atoms with Crippen molar-refractivity contribution in [2.75, 3.05) is 12.4 Å². The van der Waals surface area contributed by atoms with Crippen LogP contribution in [0, 0.1) is 5.92 Å². The number of carbonyl (C=O) groups excluding carboxylic acids is 1. The zero-order valence-corrected chi connectivity index (χ0v) is 11.3. The molecule has 0 radical (unpaired) electrons. The summed E-state index contributed by atoms with van der Waals surface area (Å²) < 4.78 is 44.5. The Morgan fingerprint density at radius 3 is 2.71 bits per heavy atom. The SMILES string of the molecule is COC(=O)[C@H]1CC[C@@H](Nc2ccc(OC(F)(F)F)cn2)C1. The fourth-order valence-corrected chi connectivity index (χ4v) is 2.36. The molecule has 2 rings (SSSR count). The molecule has 1 saturated carbocycles. The van der Waals surface area contributed by atoms with E-state index in [0.717, 1.165) is 19.0 Å². The van der Waals surface area contributed by atoms with Gasteiger partial charge in [-0.15, -0.1) is 13.2 Å². The lowest BCUT2D eigenvalue weighted by molar-refractivity contribution is -0.274. The average molecular weight is 304 g/mol. The summed E-state index contributed by atoms with van der Waals surface area (Å²) in [5.74, 6) is -0.298. The van der Waals surface area contributed by atoms with Crippen LogP contribution in [0.25, 0.3) is 0 Å². The topological polar surface area (TPSA) is 60.5 Å². The molecule has 0 spiro atoms. The van der Waals surface area contributed by atoms with Crippen LogP contribution in [0.2, 0.25) is 0 Å². The van der Waals surface area contributed by atoms with Gasteiger partial charge < -0.3 is 14.8 Å². The van der Waals surface area contributed by atoms with Crippen molar-refractivity contribution in [3.05, 3.63) is 18.3 Å². The van der Waals surface area contributed by atoms with Gasteiger partial charge in [0.15, 0.2) is 0 Å². The maximum Gasteiger partial charge on any atom is 0.573 e. The van der Waals surface area contributed by atoms with Crippen molar-refractivity contribution in [2.24, 2.45) is 5.92 Å². The highest BCUT2D eigenvalue weighted by atomic mass is 19.4. The van der Waals surface area contributed by atoms with Crippen molar-refractivity contribution < 1.29 is 27.4 Å². The van der Waals surface area contributed by atoms with Crippen LogP contribution in [0.3, 0.4) is 0 Å². The number of ether oxygens (including phenoxy) is 2. The van der Waals surface area contributed by atoms with Crippen LogP contribution in [0.4, 0.5) is 19.0 Å². The Labute approximate surface area is 119 Å². The first-order valence-electron chi connectivity index (χ1n) is 6.43. The monoisotopic (exact) mass is 304 g/mol. The molecule has 21 heavy (non-hydrogen) atoms. The average Bonchev–Trinajstić information content (AvgIpc) is 2.87. The largest absolute Gasteiger partial charge is 0.573 e. The highest BCUT2D eigenvalue weighted by molar-refractivity contribution is 5.72. The Balaban J connectivity index is 1.88. The first kappa shape index (κ1) is 15.4. The molecule has 1 aliphatic rings. The molecule has 0 bridgehead atoms. The van der Waals surface area contributed by atoms with Crippen molar-refractivity contribution in [1.29, 1.82) is 0 Å². The van der Waals surface area contributed by atoms with Crippen molar-refractivity contribution >= 4 is 11.8 Å². The lowest BCUT2D eigenvalue weighted by Gasteiger charge is -2.14. The standard InChI is InChI=1S/C13H15F3N2O3/c1-20-12(19)8-2-3-9(6-8)18-11-5-4-10(7-17-11)21-13(14,15)16/h4-5,7-9H,2-3,6H2,1H3,(H,17,18)/t8-,9+/m0/s1. The van der Waals surface area contributed by atoms with Gasteiger partial charge in [0, 0.05) is 6.04 Å². The predicted octanol–water partition coefficient (Wildman–Crippen LogP) is 2.73. The summed E-state index contributed by atoms with van der Waals surface area (Å²) in [7, 11) is 1.35. The molecule has 1 aliphatic carbocycles. The van der Waals surface area contributed by atoms with Gasteiger partial charge in [-0.05, 0) is 31.4 Å². The Kier molecular flexibility index (Phi) is 4.54. The molecule has 1 fully saturated rings. The van der Waals surface area contributed by atoms with Crippen molar-refractivity contribution in [2.45, 2.75) is 31.7 Å². The van der Waals surface area contributed by atoms with E-state index < -0.39 is 6.36 Å². The highest BCUT2D eigenvalue weighted by Gasteiger charge is 2.32. The Hall–Kier alpha value is -1.99. The fourth-order valence-electron chi connectivity index (χ4n) is 2.36. The van der Waals surface area contributed by atoms with Gasteiger partial charge in [0.2, 0.25) is 0 Å². The molecule has 8 heteroatoms. The van der Waals surface area contributed by atoms with Gasteiger partial charge in [-0.25, -0.2) is 4.98 Å².